The van der Waals surface area contributed by atoms with E-state index in [2.05, 4.69) is 112 Å². The Morgan fingerprint density at radius 3 is 2.07 bits per heavy atom. The van der Waals surface area contributed by atoms with Gasteiger partial charge in [-0.05, 0) is 83.5 Å². The lowest BCUT2D eigenvalue weighted by molar-refractivity contribution is 0.669. The summed E-state index contributed by atoms with van der Waals surface area (Å²) in [5.74, 6) is 1.52. The van der Waals surface area contributed by atoms with Gasteiger partial charge in [-0.1, -0.05) is 76.2 Å². The van der Waals surface area contributed by atoms with E-state index in [-0.39, 0.29) is 0 Å². The lowest BCUT2D eigenvalue weighted by Crippen LogP contribution is -2.10. The van der Waals surface area contributed by atoms with Gasteiger partial charge in [0.15, 0.2) is 0 Å². The summed E-state index contributed by atoms with van der Waals surface area (Å²) < 4.78 is 8.53. The fraction of sp³-hybridized carbons (Fsp3) is 0.189. The van der Waals surface area contributed by atoms with E-state index < -0.39 is 0 Å². The van der Waals surface area contributed by atoms with Crippen LogP contribution < -0.4 is 0 Å². The molecule has 0 saturated carbocycles. The molecule has 0 aliphatic rings. The molecular formula is C37H33N3O. The molecule has 3 heterocycles. The largest absolute Gasteiger partial charge is 0.456 e. The highest BCUT2D eigenvalue weighted by molar-refractivity contribution is 6.06. The summed E-state index contributed by atoms with van der Waals surface area (Å²) in [7, 11) is 0. The van der Waals surface area contributed by atoms with Crippen LogP contribution in [0.15, 0.2) is 102 Å². The van der Waals surface area contributed by atoms with Gasteiger partial charge in [-0.2, -0.15) is 0 Å². The van der Waals surface area contributed by atoms with Gasteiger partial charge in [0, 0.05) is 22.5 Å². The van der Waals surface area contributed by atoms with Crippen molar-refractivity contribution >= 4 is 33.0 Å². The Morgan fingerprint density at radius 1 is 0.659 bits per heavy atom. The van der Waals surface area contributed by atoms with Crippen molar-refractivity contribution in [1.82, 2.24) is 14.5 Å². The van der Waals surface area contributed by atoms with Gasteiger partial charge in [0.25, 0.3) is 0 Å². The summed E-state index contributed by atoms with van der Waals surface area (Å²) in [6, 6.07) is 32.1. The summed E-state index contributed by atoms with van der Waals surface area (Å²) in [6.07, 6.45) is 1.86. The summed E-state index contributed by atoms with van der Waals surface area (Å²) in [4.78, 5) is 9.99. The van der Waals surface area contributed by atoms with Gasteiger partial charge >= 0.3 is 0 Å². The van der Waals surface area contributed by atoms with E-state index in [1.165, 1.54) is 27.9 Å². The van der Waals surface area contributed by atoms with Crippen LogP contribution in [-0.2, 0) is 0 Å². The Balaban J connectivity index is 1.58. The van der Waals surface area contributed by atoms with Gasteiger partial charge in [-0.3, -0.25) is 9.55 Å². The number of para-hydroxylation sites is 1. The number of imidazole rings is 1. The number of hydrogen-bond acceptors (Lipinski definition) is 3. The minimum absolute atomic E-state index is 0.300. The van der Waals surface area contributed by atoms with Crippen molar-refractivity contribution in [3.63, 3.8) is 0 Å². The van der Waals surface area contributed by atoms with Crippen LogP contribution in [0.25, 0.3) is 61.2 Å². The Hall–Kier alpha value is -4.70. The van der Waals surface area contributed by atoms with Crippen LogP contribution in [0.5, 0.6) is 0 Å². The number of benzene rings is 4. The molecule has 202 valence electrons. The first-order chi connectivity index (χ1) is 19.9. The minimum Gasteiger partial charge on any atom is -0.456 e. The third-order valence-electron chi connectivity index (χ3n) is 8.13. The van der Waals surface area contributed by atoms with Crippen LogP contribution >= 0.6 is 0 Å². The molecule has 0 fully saturated rings. The summed E-state index contributed by atoms with van der Waals surface area (Å²) >= 11 is 0. The predicted octanol–water partition coefficient (Wildman–Crippen LogP) is 10.2. The van der Waals surface area contributed by atoms with Crippen LogP contribution in [-0.4, -0.2) is 14.5 Å². The molecule has 0 spiro atoms. The van der Waals surface area contributed by atoms with E-state index in [1.807, 2.05) is 24.4 Å². The normalized spacial score (nSPS) is 12.0. The molecule has 0 atom stereocenters. The Bertz CT molecular complexity index is 2030. The van der Waals surface area contributed by atoms with E-state index in [1.54, 1.807) is 0 Å². The fourth-order valence-electron chi connectivity index (χ4n) is 6.07. The molecule has 0 aliphatic heterocycles. The quantitative estimate of drug-likeness (QED) is 0.220. The number of nitrogens with zero attached hydrogens (tertiary/aromatic N) is 3. The summed E-state index contributed by atoms with van der Waals surface area (Å²) in [5, 5.41) is 2.21. The molecule has 0 unspecified atom stereocenters. The van der Waals surface area contributed by atoms with E-state index in [9.17, 15) is 0 Å². The van der Waals surface area contributed by atoms with Gasteiger partial charge in [0.05, 0.1) is 22.4 Å². The van der Waals surface area contributed by atoms with Crippen molar-refractivity contribution in [3.8, 4) is 28.2 Å². The molecule has 0 radical (unpaired) electrons. The van der Waals surface area contributed by atoms with Crippen LogP contribution in [0.3, 0.4) is 0 Å². The number of pyridine rings is 1. The molecule has 7 rings (SSSR count). The van der Waals surface area contributed by atoms with Crippen LogP contribution in [0, 0.1) is 6.92 Å². The molecule has 0 bridgehead atoms. The third-order valence-corrected chi connectivity index (χ3v) is 8.13. The van der Waals surface area contributed by atoms with Crippen LogP contribution in [0.1, 0.15) is 56.4 Å². The molecule has 7 aromatic rings. The maximum atomic E-state index is 6.16. The number of rotatable bonds is 5. The SMILES string of the molecule is Cc1nccc2nc(-c3ccc4oc5ccccc5c4c3)n(-c3c(C(C)C)cc(-c4ccccc4)cc3C(C)C)c12. The highest BCUT2D eigenvalue weighted by Crippen LogP contribution is 2.41. The standard InChI is InChI=1S/C37H33N3O/c1-22(2)29-20-27(25-11-7-6-8-12-25)21-30(23(3)4)36(29)40-35-24(5)38-18-17-32(35)39-37(40)26-15-16-34-31(19-26)28-13-9-10-14-33(28)41-34/h6-23H,1-5H3. The minimum atomic E-state index is 0.300. The zero-order valence-corrected chi connectivity index (χ0v) is 24.1. The molecule has 3 aromatic heterocycles. The topological polar surface area (TPSA) is 43.9 Å². The average molecular weight is 536 g/mol. The third kappa shape index (κ3) is 4.13. The fourth-order valence-corrected chi connectivity index (χ4v) is 6.07. The van der Waals surface area contributed by atoms with Gasteiger partial charge in [-0.25, -0.2) is 4.98 Å². The van der Waals surface area contributed by atoms with Gasteiger partial charge < -0.3 is 4.42 Å². The molecule has 0 N–H and O–H groups in total. The molecule has 0 saturated heterocycles. The van der Waals surface area contributed by atoms with Gasteiger partial charge in [-0.15, -0.1) is 0 Å². The monoisotopic (exact) mass is 535 g/mol. The van der Waals surface area contributed by atoms with Crippen molar-refractivity contribution in [2.75, 3.05) is 0 Å². The maximum absolute atomic E-state index is 6.16. The second kappa shape index (κ2) is 9.74. The number of fused-ring (bicyclic) bond motifs is 4. The molecule has 4 nitrogen and oxygen atoms in total. The Labute approximate surface area is 240 Å². The first kappa shape index (κ1) is 25.3. The number of furan rings is 1. The van der Waals surface area contributed by atoms with Crippen molar-refractivity contribution in [2.24, 2.45) is 0 Å². The van der Waals surface area contributed by atoms with Gasteiger partial charge in [0.1, 0.15) is 17.0 Å². The number of hydrogen-bond donors (Lipinski definition) is 0. The average Bonchev–Trinajstić information content (AvgIpc) is 3.56. The first-order valence-electron chi connectivity index (χ1n) is 14.4. The number of aryl methyl sites for hydroxylation is 1. The lowest BCUT2D eigenvalue weighted by Gasteiger charge is -2.24. The Morgan fingerprint density at radius 2 is 1.34 bits per heavy atom. The molecule has 4 heteroatoms. The highest BCUT2D eigenvalue weighted by atomic mass is 16.3. The molecular weight excluding hydrogens is 502 g/mol. The van der Waals surface area contributed by atoms with Crippen molar-refractivity contribution < 1.29 is 4.42 Å². The number of aromatic nitrogens is 3. The highest BCUT2D eigenvalue weighted by Gasteiger charge is 2.25. The van der Waals surface area contributed by atoms with Crippen molar-refractivity contribution in [2.45, 2.75) is 46.5 Å². The van der Waals surface area contributed by atoms with Crippen LogP contribution in [0.4, 0.5) is 0 Å². The first-order valence-corrected chi connectivity index (χ1v) is 14.4. The Kier molecular flexibility index (Phi) is 6.01. The van der Waals surface area contributed by atoms with E-state index >= 15 is 0 Å². The maximum Gasteiger partial charge on any atom is 0.145 e. The predicted molar refractivity (Wildman–Crippen MR) is 170 cm³/mol. The van der Waals surface area contributed by atoms with Crippen LogP contribution in [0.2, 0.25) is 0 Å². The van der Waals surface area contributed by atoms with Crippen molar-refractivity contribution in [3.05, 3.63) is 114 Å². The van der Waals surface area contributed by atoms with E-state index in [4.69, 9.17) is 14.4 Å². The zero-order chi connectivity index (χ0) is 28.2. The summed E-state index contributed by atoms with van der Waals surface area (Å²) in [6.45, 7) is 11.2. The molecule has 0 amide bonds. The van der Waals surface area contributed by atoms with Crippen molar-refractivity contribution in [1.29, 1.82) is 0 Å². The second-order valence-corrected chi connectivity index (χ2v) is 11.5. The molecule has 4 aromatic carbocycles. The van der Waals surface area contributed by atoms with E-state index in [0.29, 0.717) is 11.8 Å². The molecule has 41 heavy (non-hydrogen) atoms. The molecule has 0 aliphatic carbocycles. The van der Waals surface area contributed by atoms with E-state index in [0.717, 1.165) is 50.1 Å². The second-order valence-electron chi connectivity index (χ2n) is 11.5. The lowest BCUT2D eigenvalue weighted by atomic mass is 9.88. The summed E-state index contributed by atoms with van der Waals surface area (Å²) in [5.41, 5.74) is 12.1. The smallest absolute Gasteiger partial charge is 0.145 e. The van der Waals surface area contributed by atoms with Gasteiger partial charge in [0.2, 0.25) is 0 Å². The zero-order valence-electron chi connectivity index (χ0n) is 24.1.